The number of aromatic carboxylic acids is 1. The van der Waals surface area contributed by atoms with Crippen molar-refractivity contribution in [2.75, 3.05) is 0 Å². The maximum absolute atomic E-state index is 10.8. The Labute approximate surface area is 85.2 Å². The molecule has 0 saturated carbocycles. The van der Waals surface area contributed by atoms with Gasteiger partial charge in [-0.1, -0.05) is 0 Å². The van der Waals surface area contributed by atoms with E-state index in [0.29, 0.717) is 11.6 Å². The van der Waals surface area contributed by atoms with Crippen LogP contribution in [0.25, 0.3) is 5.95 Å². The highest BCUT2D eigenvalue weighted by molar-refractivity contribution is 5.88. The molecule has 0 amide bonds. The number of hydrogen-bond acceptors (Lipinski definition) is 4. The van der Waals surface area contributed by atoms with Gasteiger partial charge in [0.1, 0.15) is 5.56 Å². The van der Waals surface area contributed by atoms with Crippen LogP contribution in [0, 0.1) is 6.92 Å². The van der Waals surface area contributed by atoms with E-state index in [-0.39, 0.29) is 5.56 Å². The molecule has 1 N–H and O–H groups in total. The number of nitrogens with zero attached hydrogens (tertiary/aromatic N) is 4. The molecule has 0 saturated heterocycles. The zero-order valence-electron chi connectivity index (χ0n) is 7.95. The lowest BCUT2D eigenvalue weighted by molar-refractivity contribution is 0.0696. The Bertz CT molecular complexity index is 492. The van der Waals surface area contributed by atoms with Crippen LogP contribution in [0.4, 0.5) is 0 Å². The molecule has 2 rings (SSSR count). The van der Waals surface area contributed by atoms with Crippen molar-refractivity contribution in [3.8, 4) is 5.95 Å². The third-order valence-electron chi connectivity index (χ3n) is 1.98. The summed E-state index contributed by atoms with van der Waals surface area (Å²) >= 11 is 0. The Morgan fingerprint density at radius 1 is 1.40 bits per heavy atom. The third-order valence-corrected chi connectivity index (χ3v) is 1.98. The van der Waals surface area contributed by atoms with Gasteiger partial charge in [0.15, 0.2) is 0 Å². The van der Waals surface area contributed by atoms with Crippen molar-refractivity contribution in [1.29, 1.82) is 0 Å². The van der Waals surface area contributed by atoms with Crippen LogP contribution in [0.3, 0.4) is 0 Å². The van der Waals surface area contributed by atoms with E-state index in [2.05, 4.69) is 15.1 Å². The summed E-state index contributed by atoms with van der Waals surface area (Å²) in [7, 11) is 0. The third kappa shape index (κ3) is 1.56. The fourth-order valence-electron chi connectivity index (χ4n) is 1.22. The largest absolute Gasteiger partial charge is 0.478 e. The molecule has 6 heteroatoms. The van der Waals surface area contributed by atoms with Crippen LogP contribution in [0.1, 0.15) is 16.1 Å². The molecule has 15 heavy (non-hydrogen) atoms. The molecule has 0 aliphatic rings. The van der Waals surface area contributed by atoms with Crippen LogP contribution < -0.4 is 0 Å². The Hall–Kier alpha value is -2.24. The lowest BCUT2D eigenvalue weighted by Crippen LogP contribution is -2.05. The smallest absolute Gasteiger partial charge is 0.339 e. The summed E-state index contributed by atoms with van der Waals surface area (Å²) in [5.41, 5.74) is 0.663. The van der Waals surface area contributed by atoms with Crippen LogP contribution in [0.2, 0.25) is 0 Å². The number of carboxylic acid groups (broad SMARTS) is 1. The minimum atomic E-state index is -1.00. The molecular weight excluding hydrogens is 196 g/mol. The summed E-state index contributed by atoms with van der Waals surface area (Å²) in [6.45, 7) is 1.66. The van der Waals surface area contributed by atoms with Crippen molar-refractivity contribution in [3.63, 3.8) is 0 Å². The second kappa shape index (κ2) is 3.49. The predicted molar refractivity (Wildman–Crippen MR) is 50.9 cm³/mol. The Balaban J connectivity index is 2.52. The first-order chi connectivity index (χ1) is 7.20. The fraction of sp³-hybridized carbons (Fsp3) is 0.111. The van der Waals surface area contributed by atoms with E-state index in [4.69, 9.17) is 5.11 Å². The van der Waals surface area contributed by atoms with Gasteiger partial charge in [-0.15, -0.1) is 0 Å². The molecule has 0 aromatic carbocycles. The number of carboxylic acids is 1. The predicted octanol–water partition coefficient (Wildman–Crippen LogP) is 0.669. The molecule has 0 aliphatic carbocycles. The monoisotopic (exact) mass is 204 g/mol. The SMILES string of the molecule is Cc1c(C(=O)O)cnn1-c1ncccn1. The van der Waals surface area contributed by atoms with Gasteiger partial charge in [-0.2, -0.15) is 5.10 Å². The topological polar surface area (TPSA) is 80.9 Å². The van der Waals surface area contributed by atoms with Gasteiger partial charge in [-0.05, 0) is 13.0 Å². The summed E-state index contributed by atoms with van der Waals surface area (Å²) in [6, 6.07) is 1.68. The average Bonchev–Trinajstić information content (AvgIpc) is 2.61. The van der Waals surface area contributed by atoms with Crippen molar-refractivity contribution < 1.29 is 9.90 Å². The standard InChI is InChI=1S/C9H8N4O2/c1-6-7(8(14)15)5-12-13(6)9-10-3-2-4-11-9/h2-5H,1H3,(H,14,15). The molecule has 0 radical (unpaired) electrons. The van der Waals surface area contributed by atoms with E-state index < -0.39 is 5.97 Å². The number of aromatic nitrogens is 4. The summed E-state index contributed by atoms with van der Waals surface area (Å²) in [4.78, 5) is 18.7. The first-order valence-corrected chi connectivity index (χ1v) is 4.25. The molecule has 76 valence electrons. The van der Waals surface area contributed by atoms with Gasteiger partial charge in [0.2, 0.25) is 0 Å². The molecule has 0 bridgehead atoms. The van der Waals surface area contributed by atoms with Gasteiger partial charge >= 0.3 is 5.97 Å². The van der Waals surface area contributed by atoms with E-state index in [1.54, 1.807) is 25.4 Å². The summed E-state index contributed by atoms with van der Waals surface area (Å²) in [6.07, 6.45) is 4.43. The quantitative estimate of drug-likeness (QED) is 0.777. The van der Waals surface area contributed by atoms with Gasteiger partial charge in [0, 0.05) is 12.4 Å². The lowest BCUT2D eigenvalue weighted by atomic mass is 10.3. The molecule has 2 aromatic rings. The van der Waals surface area contributed by atoms with E-state index in [1.807, 2.05) is 0 Å². The summed E-state index contributed by atoms with van der Waals surface area (Å²) in [5.74, 6) is -0.641. The summed E-state index contributed by atoms with van der Waals surface area (Å²) in [5, 5.41) is 12.7. The van der Waals surface area contributed by atoms with Gasteiger partial charge in [-0.3, -0.25) is 0 Å². The Morgan fingerprint density at radius 2 is 2.07 bits per heavy atom. The maximum Gasteiger partial charge on any atom is 0.339 e. The highest BCUT2D eigenvalue weighted by atomic mass is 16.4. The highest BCUT2D eigenvalue weighted by Crippen LogP contribution is 2.09. The molecule has 6 nitrogen and oxygen atoms in total. The van der Waals surface area contributed by atoms with Crippen molar-refractivity contribution in [1.82, 2.24) is 19.7 Å². The Morgan fingerprint density at radius 3 is 2.60 bits per heavy atom. The second-order valence-corrected chi connectivity index (χ2v) is 2.91. The van der Waals surface area contributed by atoms with E-state index in [9.17, 15) is 4.79 Å². The zero-order valence-corrected chi connectivity index (χ0v) is 7.95. The van der Waals surface area contributed by atoms with Crippen LogP contribution in [-0.4, -0.2) is 30.8 Å². The van der Waals surface area contributed by atoms with Crippen LogP contribution in [0.15, 0.2) is 24.7 Å². The van der Waals surface area contributed by atoms with Gasteiger partial charge in [0.05, 0.1) is 11.9 Å². The van der Waals surface area contributed by atoms with Crippen molar-refractivity contribution in [2.24, 2.45) is 0 Å². The van der Waals surface area contributed by atoms with Crippen molar-refractivity contribution in [2.45, 2.75) is 6.92 Å². The van der Waals surface area contributed by atoms with Crippen LogP contribution in [0.5, 0.6) is 0 Å². The highest BCUT2D eigenvalue weighted by Gasteiger charge is 2.14. The summed E-state index contributed by atoms with van der Waals surface area (Å²) < 4.78 is 1.39. The van der Waals surface area contributed by atoms with E-state index >= 15 is 0 Å². The maximum atomic E-state index is 10.8. The minimum Gasteiger partial charge on any atom is -0.478 e. The minimum absolute atomic E-state index is 0.155. The molecule has 0 atom stereocenters. The van der Waals surface area contributed by atoms with E-state index in [0.717, 1.165) is 0 Å². The van der Waals surface area contributed by atoms with E-state index in [1.165, 1.54) is 10.9 Å². The van der Waals surface area contributed by atoms with Crippen molar-refractivity contribution >= 4 is 5.97 Å². The first kappa shape index (κ1) is 9.32. The molecule has 2 heterocycles. The van der Waals surface area contributed by atoms with Crippen LogP contribution in [-0.2, 0) is 0 Å². The number of hydrogen-bond donors (Lipinski definition) is 1. The molecule has 0 fully saturated rings. The second-order valence-electron chi connectivity index (χ2n) is 2.91. The van der Waals surface area contributed by atoms with Gasteiger partial charge in [0.25, 0.3) is 5.95 Å². The Kier molecular flexibility index (Phi) is 2.17. The number of rotatable bonds is 2. The first-order valence-electron chi connectivity index (χ1n) is 4.25. The lowest BCUT2D eigenvalue weighted by Gasteiger charge is -2.00. The number of carbonyl (C=O) groups is 1. The average molecular weight is 204 g/mol. The fourth-order valence-corrected chi connectivity index (χ4v) is 1.22. The van der Waals surface area contributed by atoms with Gasteiger partial charge in [-0.25, -0.2) is 19.4 Å². The van der Waals surface area contributed by atoms with Crippen LogP contribution >= 0.6 is 0 Å². The molecule has 0 aliphatic heterocycles. The molecule has 2 aromatic heterocycles. The zero-order chi connectivity index (χ0) is 10.8. The molecule has 0 unspecified atom stereocenters. The van der Waals surface area contributed by atoms with Gasteiger partial charge < -0.3 is 5.11 Å². The normalized spacial score (nSPS) is 10.2. The van der Waals surface area contributed by atoms with Crippen molar-refractivity contribution in [3.05, 3.63) is 35.9 Å². The molecule has 0 spiro atoms. The molecular formula is C9H8N4O2.